The summed E-state index contributed by atoms with van der Waals surface area (Å²) in [6.45, 7) is 6.70. The molecule has 10 heteroatoms. The molecule has 0 bridgehead atoms. The number of carbonyl (C=O) groups excluding carboxylic acids is 2. The number of hydrogen-bond donors (Lipinski definition) is 0. The van der Waals surface area contributed by atoms with Crippen LogP contribution < -0.4 is 0 Å². The second-order valence-electron chi connectivity index (χ2n) is 7.57. The third-order valence-electron chi connectivity index (χ3n) is 5.55. The molecule has 0 spiro atoms. The highest BCUT2D eigenvalue weighted by molar-refractivity contribution is 7.13. The van der Waals surface area contributed by atoms with Crippen LogP contribution in [0.2, 0.25) is 0 Å². The van der Waals surface area contributed by atoms with Crippen LogP contribution in [-0.4, -0.2) is 82.7 Å². The van der Waals surface area contributed by atoms with E-state index in [4.69, 9.17) is 9.26 Å². The maximum Gasteiger partial charge on any atom is 0.409 e. The van der Waals surface area contributed by atoms with Crippen LogP contribution in [0.3, 0.4) is 0 Å². The Hall–Kier alpha value is -2.46. The summed E-state index contributed by atoms with van der Waals surface area (Å²) in [7, 11) is 0. The molecule has 30 heavy (non-hydrogen) atoms. The summed E-state index contributed by atoms with van der Waals surface area (Å²) >= 11 is 1.58. The Labute approximate surface area is 179 Å². The number of rotatable bonds is 5. The molecular weight excluding hydrogens is 406 g/mol. The van der Waals surface area contributed by atoms with E-state index in [1.54, 1.807) is 23.2 Å². The summed E-state index contributed by atoms with van der Waals surface area (Å²) < 4.78 is 10.5. The first-order valence-electron chi connectivity index (χ1n) is 10.4. The zero-order valence-electron chi connectivity index (χ0n) is 17.2. The largest absolute Gasteiger partial charge is 0.450 e. The van der Waals surface area contributed by atoms with Gasteiger partial charge in [0, 0.05) is 39.3 Å². The molecule has 9 nitrogen and oxygen atoms in total. The summed E-state index contributed by atoms with van der Waals surface area (Å²) in [5.41, 5.74) is 0. The van der Waals surface area contributed by atoms with E-state index in [2.05, 4.69) is 15.0 Å². The number of likely N-dealkylation sites (tertiary alicyclic amines) is 1. The monoisotopic (exact) mass is 433 g/mol. The highest BCUT2D eigenvalue weighted by Gasteiger charge is 2.33. The first-order valence-corrected chi connectivity index (χ1v) is 11.3. The van der Waals surface area contributed by atoms with Gasteiger partial charge in [0.25, 0.3) is 0 Å². The minimum atomic E-state index is -0.318. The Morgan fingerprint density at radius 1 is 1.23 bits per heavy atom. The van der Waals surface area contributed by atoms with Gasteiger partial charge < -0.3 is 19.1 Å². The van der Waals surface area contributed by atoms with Crippen LogP contribution in [0, 0.1) is 5.92 Å². The molecule has 2 aromatic heterocycles. The van der Waals surface area contributed by atoms with Crippen molar-refractivity contribution < 1.29 is 18.8 Å². The van der Waals surface area contributed by atoms with Gasteiger partial charge in [0.15, 0.2) is 0 Å². The molecule has 0 N–H and O–H groups in total. The molecule has 1 unspecified atom stereocenters. The molecule has 2 aliphatic rings. The molecule has 1 atom stereocenters. The lowest BCUT2D eigenvalue weighted by Crippen LogP contribution is -2.52. The van der Waals surface area contributed by atoms with Crippen LogP contribution >= 0.6 is 11.3 Å². The number of piperazine rings is 1. The van der Waals surface area contributed by atoms with E-state index in [-0.39, 0.29) is 17.9 Å². The maximum atomic E-state index is 13.0. The van der Waals surface area contributed by atoms with Crippen molar-refractivity contribution in [1.29, 1.82) is 0 Å². The highest BCUT2D eigenvalue weighted by Crippen LogP contribution is 2.23. The van der Waals surface area contributed by atoms with E-state index in [0.717, 1.165) is 30.8 Å². The van der Waals surface area contributed by atoms with Gasteiger partial charge in [-0.3, -0.25) is 9.69 Å². The topological polar surface area (TPSA) is 92.0 Å². The van der Waals surface area contributed by atoms with E-state index in [1.807, 2.05) is 22.4 Å². The van der Waals surface area contributed by atoms with Crippen molar-refractivity contribution in [1.82, 2.24) is 24.8 Å². The van der Waals surface area contributed by atoms with Gasteiger partial charge in [-0.25, -0.2) is 4.79 Å². The molecule has 2 saturated heterocycles. The van der Waals surface area contributed by atoms with Gasteiger partial charge in [0.1, 0.15) is 0 Å². The molecule has 4 heterocycles. The van der Waals surface area contributed by atoms with Gasteiger partial charge in [-0.2, -0.15) is 4.98 Å². The fourth-order valence-electron chi connectivity index (χ4n) is 3.96. The van der Waals surface area contributed by atoms with Crippen LogP contribution in [0.15, 0.2) is 22.0 Å². The Bertz CT molecular complexity index is 847. The number of hydrogen-bond acceptors (Lipinski definition) is 8. The second-order valence-corrected chi connectivity index (χ2v) is 8.52. The molecule has 162 valence electrons. The van der Waals surface area contributed by atoms with Crippen LogP contribution in [0.1, 0.15) is 25.7 Å². The van der Waals surface area contributed by atoms with Crippen LogP contribution in [0.4, 0.5) is 4.79 Å². The summed E-state index contributed by atoms with van der Waals surface area (Å²) in [6, 6.07) is 3.93. The average Bonchev–Trinajstić information content (AvgIpc) is 3.46. The third-order valence-corrected chi connectivity index (χ3v) is 6.41. The van der Waals surface area contributed by atoms with Crippen molar-refractivity contribution in [2.75, 3.05) is 45.9 Å². The lowest BCUT2D eigenvalue weighted by molar-refractivity contribution is -0.139. The fourth-order valence-corrected chi connectivity index (χ4v) is 4.61. The first kappa shape index (κ1) is 20.8. The van der Waals surface area contributed by atoms with Crippen LogP contribution in [0.25, 0.3) is 10.7 Å². The SMILES string of the molecule is CCOC(=O)N1CCCC(C(=O)N2CCN(Cc3nc(-c4cccs4)no3)CC2)C1. The van der Waals surface area contributed by atoms with Crippen molar-refractivity contribution in [2.45, 2.75) is 26.3 Å². The molecule has 2 amide bonds. The average molecular weight is 434 g/mol. The minimum Gasteiger partial charge on any atom is -0.450 e. The van der Waals surface area contributed by atoms with E-state index >= 15 is 0 Å². The van der Waals surface area contributed by atoms with E-state index in [1.165, 1.54) is 0 Å². The molecular formula is C20H27N5O4S. The van der Waals surface area contributed by atoms with Gasteiger partial charge >= 0.3 is 6.09 Å². The minimum absolute atomic E-state index is 0.140. The zero-order valence-corrected chi connectivity index (χ0v) is 18.0. The van der Waals surface area contributed by atoms with Crippen molar-refractivity contribution in [3.05, 3.63) is 23.4 Å². The predicted octanol–water partition coefficient (Wildman–Crippen LogP) is 2.31. The van der Waals surface area contributed by atoms with Crippen molar-refractivity contribution in [3.8, 4) is 10.7 Å². The molecule has 0 radical (unpaired) electrons. The van der Waals surface area contributed by atoms with Crippen LogP contribution in [-0.2, 0) is 16.1 Å². The number of amides is 2. The molecule has 0 aliphatic carbocycles. The number of nitrogens with zero attached hydrogens (tertiary/aromatic N) is 5. The summed E-state index contributed by atoms with van der Waals surface area (Å²) in [5.74, 6) is 1.22. The van der Waals surface area contributed by atoms with Gasteiger partial charge in [-0.15, -0.1) is 11.3 Å². The summed E-state index contributed by atoms with van der Waals surface area (Å²) in [4.78, 5) is 36.2. The third kappa shape index (κ3) is 4.81. The number of carbonyl (C=O) groups is 2. The molecule has 0 aromatic carbocycles. The Kier molecular flexibility index (Phi) is 6.63. The van der Waals surface area contributed by atoms with Crippen molar-refractivity contribution in [2.24, 2.45) is 5.92 Å². The number of aromatic nitrogens is 2. The Balaban J connectivity index is 1.26. The number of ether oxygens (including phenoxy) is 1. The van der Waals surface area contributed by atoms with Gasteiger partial charge in [0.05, 0.1) is 23.9 Å². The van der Waals surface area contributed by atoms with E-state index < -0.39 is 0 Å². The first-order chi connectivity index (χ1) is 14.6. The summed E-state index contributed by atoms with van der Waals surface area (Å²) in [6.07, 6.45) is 1.34. The lowest BCUT2D eigenvalue weighted by Gasteiger charge is -2.38. The molecule has 4 rings (SSSR count). The highest BCUT2D eigenvalue weighted by atomic mass is 32.1. The summed E-state index contributed by atoms with van der Waals surface area (Å²) in [5, 5.41) is 6.04. The van der Waals surface area contributed by atoms with Crippen molar-refractivity contribution in [3.63, 3.8) is 0 Å². The molecule has 2 aliphatic heterocycles. The second kappa shape index (κ2) is 9.57. The predicted molar refractivity (Wildman–Crippen MR) is 111 cm³/mol. The number of piperidine rings is 1. The van der Waals surface area contributed by atoms with Gasteiger partial charge in [-0.1, -0.05) is 11.2 Å². The standard InChI is InChI=1S/C20H27N5O4S/c1-2-28-20(27)25-7-3-5-15(13-25)19(26)24-10-8-23(9-11-24)14-17-21-18(22-29-17)16-6-4-12-30-16/h4,6,12,15H,2-3,5,7-11,13-14H2,1H3. The Morgan fingerprint density at radius 2 is 2.07 bits per heavy atom. The van der Waals surface area contributed by atoms with Gasteiger partial charge in [0.2, 0.25) is 17.6 Å². The van der Waals surface area contributed by atoms with E-state index in [0.29, 0.717) is 51.0 Å². The van der Waals surface area contributed by atoms with Crippen molar-refractivity contribution >= 4 is 23.3 Å². The fraction of sp³-hybridized carbons (Fsp3) is 0.600. The van der Waals surface area contributed by atoms with Gasteiger partial charge in [-0.05, 0) is 31.2 Å². The maximum absolute atomic E-state index is 13.0. The number of thiophene rings is 1. The van der Waals surface area contributed by atoms with E-state index in [9.17, 15) is 9.59 Å². The quantitative estimate of drug-likeness (QED) is 0.714. The van der Waals surface area contributed by atoms with Crippen LogP contribution in [0.5, 0.6) is 0 Å². The molecule has 0 saturated carbocycles. The Morgan fingerprint density at radius 3 is 2.80 bits per heavy atom. The normalized spacial score (nSPS) is 20.4. The zero-order chi connectivity index (χ0) is 20.9. The molecule has 2 fully saturated rings. The molecule has 2 aromatic rings. The smallest absolute Gasteiger partial charge is 0.409 e. The lowest BCUT2D eigenvalue weighted by atomic mass is 9.96.